The Hall–Kier alpha value is -2.90. The topological polar surface area (TPSA) is 77.5 Å². The van der Waals surface area contributed by atoms with Crippen molar-refractivity contribution < 1.29 is 28.5 Å². The fourth-order valence-corrected chi connectivity index (χ4v) is 2.70. The van der Waals surface area contributed by atoms with Crippen molar-refractivity contribution in [2.75, 3.05) is 54.1 Å². The molecule has 0 aliphatic carbocycles. The molecule has 2 rings (SSSR count). The Labute approximate surface area is 152 Å². The fraction of sp³-hybridized carbons (Fsp3) is 0.444. The quantitative estimate of drug-likeness (QED) is 0.716. The molecule has 8 heteroatoms. The molecular weight excluding hydrogens is 340 g/mol. The van der Waals surface area contributed by atoms with E-state index in [1.165, 1.54) is 27.4 Å². The molecule has 0 atom stereocenters. The van der Waals surface area contributed by atoms with Crippen molar-refractivity contribution in [3.05, 3.63) is 30.4 Å². The predicted octanol–water partition coefficient (Wildman–Crippen LogP) is 1.79. The van der Waals surface area contributed by atoms with E-state index in [9.17, 15) is 9.59 Å². The molecular formula is C18H24N2O6. The van der Waals surface area contributed by atoms with E-state index in [1.54, 1.807) is 21.9 Å². The number of rotatable bonds is 6. The first-order valence-corrected chi connectivity index (χ1v) is 8.17. The molecule has 0 spiro atoms. The number of amides is 2. The Morgan fingerprint density at radius 1 is 1.00 bits per heavy atom. The predicted molar refractivity (Wildman–Crippen MR) is 95.1 cm³/mol. The summed E-state index contributed by atoms with van der Waals surface area (Å²) >= 11 is 0. The summed E-state index contributed by atoms with van der Waals surface area (Å²) in [6.07, 6.45) is 1.12. The Morgan fingerprint density at radius 2 is 1.54 bits per heavy atom. The van der Waals surface area contributed by atoms with E-state index in [0.29, 0.717) is 49.0 Å². The molecule has 1 aromatic carbocycles. The molecule has 0 N–H and O–H groups in total. The highest BCUT2D eigenvalue weighted by Gasteiger charge is 2.27. The van der Waals surface area contributed by atoms with Crippen molar-refractivity contribution >= 4 is 12.0 Å². The molecule has 1 aromatic rings. The summed E-state index contributed by atoms with van der Waals surface area (Å²) in [5, 5.41) is 0. The van der Waals surface area contributed by atoms with Crippen molar-refractivity contribution in [3.8, 4) is 17.2 Å². The maximum Gasteiger partial charge on any atom is 0.410 e. The molecule has 1 fully saturated rings. The number of carbonyl (C=O) groups excluding carboxylic acids is 2. The first-order chi connectivity index (χ1) is 12.5. The van der Waals surface area contributed by atoms with Crippen LogP contribution in [0.3, 0.4) is 0 Å². The number of piperazine rings is 1. The van der Waals surface area contributed by atoms with Crippen LogP contribution in [-0.4, -0.2) is 75.9 Å². The molecule has 0 bridgehead atoms. The molecule has 1 aliphatic rings. The van der Waals surface area contributed by atoms with Crippen LogP contribution < -0.4 is 14.2 Å². The van der Waals surface area contributed by atoms with Crippen LogP contribution in [0.1, 0.15) is 10.4 Å². The van der Waals surface area contributed by atoms with E-state index in [-0.39, 0.29) is 12.5 Å². The van der Waals surface area contributed by atoms with Gasteiger partial charge in [-0.15, -0.1) is 0 Å². The van der Waals surface area contributed by atoms with Gasteiger partial charge in [0.15, 0.2) is 11.5 Å². The summed E-state index contributed by atoms with van der Waals surface area (Å²) < 4.78 is 20.9. The summed E-state index contributed by atoms with van der Waals surface area (Å²) in [4.78, 5) is 27.9. The third-order valence-corrected chi connectivity index (χ3v) is 4.06. The van der Waals surface area contributed by atoms with Gasteiger partial charge in [-0.1, -0.05) is 12.7 Å². The van der Waals surface area contributed by atoms with Crippen molar-refractivity contribution in [3.63, 3.8) is 0 Å². The average Bonchev–Trinajstić information content (AvgIpc) is 2.70. The Bertz CT molecular complexity index is 643. The lowest BCUT2D eigenvalue weighted by atomic mass is 10.1. The Balaban J connectivity index is 2.08. The average molecular weight is 364 g/mol. The van der Waals surface area contributed by atoms with Crippen LogP contribution in [-0.2, 0) is 4.74 Å². The van der Waals surface area contributed by atoms with E-state index in [4.69, 9.17) is 18.9 Å². The van der Waals surface area contributed by atoms with Crippen molar-refractivity contribution in [2.45, 2.75) is 0 Å². The smallest absolute Gasteiger partial charge is 0.410 e. The van der Waals surface area contributed by atoms with Gasteiger partial charge < -0.3 is 28.7 Å². The van der Waals surface area contributed by atoms with E-state index in [0.717, 1.165) is 0 Å². The zero-order valence-corrected chi connectivity index (χ0v) is 15.3. The second-order valence-corrected chi connectivity index (χ2v) is 5.56. The number of benzene rings is 1. The molecule has 2 amide bonds. The highest BCUT2D eigenvalue weighted by molar-refractivity contribution is 5.95. The van der Waals surface area contributed by atoms with Crippen LogP contribution in [0, 0.1) is 0 Å². The zero-order valence-electron chi connectivity index (χ0n) is 15.3. The molecule has 1 aliphatic heterocycles. The van der Waals surface area contributed by atoms with Gasteiger partial charge in [0.2, 0.25) is 5.75 Å². The summed E-state index contributed by atoms with van der Waals surface area (Å²) in [6, 6.07) is 3.24. The van der Waals surface area contributed by atoms with Crippen LogP contribution in [0.5, 0.6) is 17.2 Å². The third-order valence-electron chi connectivity index (χ3n) is 4.06. The summed E-state index contributed by atoms with van der Waals surface area (Å²) in [5.41, 5.74) is 0.433. The second kappa shape index (κ2) is 8.98. The highest BCUT2D eigenvalue weighted by atomic mass is 16.6. The summed E-state index contributed by atoms with van der Waals surface area (Å²) in [6.45, 7) is 5.33. The molecule has 8 nitrogen and oxygen atoms in total. The maximum atomic E-state index is 12.8. The van der Waals surface area contributed by atoms with Gasteiger partial charge in [0, 0.05) is 31.7 Å². The number of hydrogen-bond acceptors (Lipinski definition) is 6. The lowest BCUT2D eigenvalue weighted by molar-refractivity contribution is 0.0580. The van der Waals surface area contributed by atoms with E-state index in [1.807, 2.05) is 0 Å². The standard InChI is InChI=1S/C18H24N2O6/c1-5-10-26-18(22)20-8-6-19(7-9-20)17(21)13-11-14(23-2)16(25-4)15(12-13)24-3/h5,11-12H,1,6-10H2,2-4H3. The van der Waals surface area contributed by atoms with Gasteiger partial charge in [0.05, 0.1) is 21.3 Å². The molecule has 0 saturated carbocycles. The molecule has 0 aromatic heterocycles. The van der Waals surface area contributed by atoms with E-state index >= 15 is 0 Å². The van der Waals surface area contributed by atoms with Crippen LogP contribution >= 0.6 is 0 Å². The lowest BCUT2D eigenvalue weighted by Crippen LogP contribution is -2.50. The SMILES string of the molecule is C=CCOC(=O)N1CCN(C(=O)c2cc(OC)c(OC)c(OC)c2)CC1. The van der Waals surface area contributed by atoms with Crippen molar-refractivity contribution in [2.24, 2.45) is 0 Å². The van der Waals surface area contributed by atoms with Gasteiger partial charge in [0.1, 0.15) is 6.61 Å². The van der Waals surface area contributed by atoms with Crippen LogP contribution in [0.4, 0.5) is 4.79 Å². The Kier molecular flexibility index (Phi) is 6.71. The number of ether oxygens (including phenoxy) is 4. The molecule has 1 heterocycles. The first-order valence-electron chi connectivity index (χ1n) is 8.17. The van der Waals surface area contributed by atoms with E-state index in [2.05, 4.69) is 6.58 Å². The van der Waals surface area contributed by atoms with Crippen LogP contribution in [0.15, 0.2) is 24.8 Å². The lowest BCUT2D eigenvalue weighted by Gasteiger charge is -2.34. The van der Waals surface area contributed by atoms with Gasteiger partial charge in [0.25, 0.3) is 5.91 Å². The Morgan fingerprint density at radius 3 is 2.00 bits per heavy atom. The number of nitrogens with zero attached hydrogens (tertiary/aromatic N) is 2. The van der Waals surface area contributed by atoms with E-state index < -0.39 is 6.09 Å². The van der Waals surface area contributed by atoms with Gasteiger partial charge in [-0.25, -0.2) is 4.79 Å². The maximum absolute atomic E-state index is 12.8. The third kappa shape index (κ3) is 4.19. The minimum atomic E-state index is -0.398. The normalized spacial score (nSPS) is 13.8. The monoisotopic (exact) mass is 364 g/mol. The van der Waals surface area contributed by atoms with Gasteiger partial charge >= 0.3 is 6.09 Å². The molecule has 142 valence electrons. The van der Waals surface area contributed by atoms with Crippen LogP contribution in [0.2, 0.25) is 0 Å². The summed E-state index contributed by atoms with van der Waals surface area (Å²) in [5.74, 6) is 1.10. The fourth-order valence-electron chi connectivity index (χ4n) is 2.70. The molecule has 1 saturated heterocycles. The summed E-state index contributed by atoms with van der Waals surface area (Å²) in [7, 11) is 4.50. The zero-order chi connectivity index (χ0) is 19.1. The molecule has 26 heavy (non-hydrogen) atoms. The van der Waals surface area contributed by atoms with Gasteiger partial charge in [-0.3, -0.25) is 4.79 Å². The van der Waals surface area contributed by atoms with Gasteiger partial charge in [-0.05, 0) is 12.1 Å². The number of hydrogen-bond donors (Lipinski definition) is 0. The van der Waals surface area contributed by atoms with Crippen LogP contribution in [0.25, 0.3) is 0 Å². The number of carbonyl (C=O) groups is 2. The van der Waals surface area contributed by atoms with Gasteiger partial charge in [-0.2, -0.15) is 0 Å². The molecule has 0 radical (unpaired) electrons. The minimum absolute atomic E-state index is 0.164. The first kappa shape index (κ1) is 19.4. The minimum Gasteiger partial charge on any atom is -0.493 e. The second-order valence-electron chi connectivity index (χ2n) is 5.56. The van der Waals surface area contributed by atoms with Crippen molar-refractivity contribution in [1.29, 1.82) is 0 Å². The highest BCUT2D eigenvalue weighted by Crippen LogP contribution is 2.38. The number of methoxy groups -OCH3 is 3. The molecule has 0 unspecified atom stereocenters. The van der Waals surface area contributed by atoms with Crippen molar-refractivity contribution in [1.82, 2.24) is 9.80 Å². The largest absolute Gasteiger partial charge is 0.493 e.